The highest BCUT2D eigenvalue weighted by Gasteiger charge is 2.20. The average molecular weight is 293 g/mol. The van der Waals surface area contributed by atoms with Crippen molar-refractivity contribution in [2.75, 3.05) is 5.73 Å². The van der Waals surface area contributed by atoms with Crippen LogP contribution in [-0.2, 0) is 0 Å². The molecule has 2 aromatic carbocycles. The van der Waals surface area contributed by atoms with Crippen LogP contribution in [0.4, 0.5) is 11.4 Å². The molecular formula is C14H13ClN2O3. The number of nitrogen functional groups attached to an aromatic ring is 1. The first-order valence-electron chi connectivity index (χ1n) is 5.87. The van der Waals surface area contributed by atoms with Gasteiger partial charge in [0.2, 0.25) is 5.75 Å². The van der Waals surface area contributed by atoms with Gasteiger partial charge >= 0.3 is 5.69 Å². The number of ether oxygens (including phenoxy) is 1. The molecule has 0 aliphatic rings. The van der Waals surface area contributed by atoms with Crippen molar-refractivity contribution in [1.29, 1.82) is 0 Å². The van der Waals surface area contributed by atoms with Crippen LogP contribution in [0.1, 0.15) is 11.1 Å². The normalized spacial score (nSPS) is 10.3. The Labute approximate surface area is 121 Å². The molecule has 0 radical (unpaired) electrons. The lowest BCUT2D eigenvalue weighted by Crippen LogP contribution is -1.98. The number of halogens is 1. The Balaban J connectivity index is 2.45. The standard InChI is InChI=1S/C14H13ClN2O3/c1-8-6-10(7-9(2)13(8)15)20-12-5-3-4-11(16)14(12)17(18)19/h3-7H,16H2,1-2H3. The maximum atomic E-state index is 11.0. The molecule has 0 spiro atoms. The molecule has 20 heavy (non-hydrogen) atoms. The van der Waals surface area contributed by atoms with Crippen molar-refractivity contribution in [2.24, 2.45) is 0 Å². The predicted molar refractivity (Wildman–Crippen MR) is 78.5 cm³/mol. The number of hydrogen-bond donors (Lipinski definition) is 1. The van der Waals surface area contributed by atoms with Crippen LogP contribution in [-0.4, -0.2) is 4.92 Å². The number of aryl methyl sites for hydroxylation is 2. The monoisotopic (exact) mass is 292 g/mol. The Morgan fingerprint density at radius 1 is 1.25 bits per heavy atom. The van der Waals surface area contributed by atoms with Crippen molar-refractivity contribution in [3.8, 4) is 11.5 Å². The first kappa shape index (κ1) is 14.1. The molecular weight excluding hydrogens is 280 g/mol. The third-order valence-electron chi connectivity index (χ3n) is 2.85. The van der Waals surface area contributed by atoms with Crippen molar-refractivity contribution in [3.05, 3.63) is 56.6 Å². The number of rotatable bonds is 3. The van der Waals surface area contributed by atoms with Gasteiger partial charge in [0, 0.05) is 5.02 Å². The highest BCUT2D eigenvalue weighted by atomic mass is 35.5. The fourth-order valence-electron chi connectivity index (χ4n) is 1.91. The minimum atomic E-state index is -0.555. The highest BCUT2D eigenvalue weighted by molar-refractivity contribution is 6.32. The van der Waals surface area contributed by atoms with Crippen LogP contribution >= 0.6 is 11.6 Å². The van der Waals surface area contributed by atoms with E-state index in [1.165, 1.54) is 12.1 Å². The maximum Gasteiger partial charge on any atom is 0.334 e. The number of nitro benzene ring substituents is 1. The van der Waals surface area contributed by atoms with Crippen molar-refractivity contribution in [2.45, 2.75) is 13.8 Å². The molecule has 0 heterocycles. The summed E-state index contributed by atoms with van der Waals surface area (Å²) in [5.74, 6) is 0.592. The van der Waals surface area contributed by atoms with Gasteiger partial charge in [0.05, 0.1) is 4.92 Å². The number of anilines is 1. The first-order chi connectivity index (χ1) is 9.40. The number of benzene rings is 2. The van der Waals surface area contributed by atoms with Gasteiger partial charge in [0.1, 0.15) is 11.4 Å². The maximum absolute atomic E-state index is 11.0. The molecule has 0 aliphatic heterocycles. The van der Waals surface area contributed by atoms with E-state index in [0.29, 0.717) is 10.8 Å². The molecule has 0 fully saturated rings. The van der Waals surface area contributed by atoms with E-state index in [2.05, 4.69) is 0 Å². The van der Waals surface area contributed by atoms with Crippen LogP contribution < -0.4 is 10.5 Å². The fraction of sp³-hybridized carbons (Fsp3) is 0.143. The zero-order valence-electron chi connectivity index (χ0n) is 11.0. The van der Waals surface area contributed by atoms with Crippen LogP contribution in [0.5, 0.6) is 11.5 Å². The van der Waals surface area contributed by atoms with Gasteiger partial charge in [-0.2, -0.15) is 0 Å². The van der Waals surface area contributed by atoms with Crippen LogP contribution in [0.15, 0.2) is 30.3 Å². The largest absolute Gasteiger partial charge is 0.450 e. The fourth-order valence-corrected chi connectivity index (χ4v) is 2.02. The molecule has 0 bridgehead atoms. The molecule has 0 aromatic heterocycles. The lowest BCUT2D eigenvalue weighted by Gasteiger charge is -2.10. The minimum Gasteiger partial charge on any atom is -0.450 e. The SMILES string of the molecule is Cc1cc(Oc2cccc(N)c2[N+](=O)[O-])cc(C)c1Cl. The Morgan fingerprint density at radius 2 is 1.85 bits per heavy atom. The minimum absolute atomic E-state index is 0.0647. The molecule has 0 aliphatic carbocycles. The Kier molecular flexibility index (Phi) is 3.81. The molecule has 6 heteroatoms. The lowest BCUT2D eigenvalue weighted by molar-refractivity contribution is -0.384. The van der Waals surface area contributed by atoms with Gasteiger partial charge in [-0.15, -0.1) is 0 Å². The third-order valence-corrected chi connectivity index (χ3v) is 3.45. The van der Waals surface area contributed by atoms with E-state index in [0.717, 1.165) is 11.1 Å². The Hall–Kier alpha value is -2.27. The molecule has 104 valence electrons. The van der Waals surface area contributed by atoms with Crippen molar-refractivity contribution >= 4 is 23.0 Å². The smallest absolute Gasteiger partial charge is 0.334 e. The molecule has 0 atom stereocenters. The molecule has 0 saturated carbocycles. The molecule has 2 rings (SSSR count). The quantitative estimate of drug-likeness (QED) is 0.521. The lowest BCUT2D eigenvalue weighted by atomic mass is 10.1. The van der Waals surface area contributed by atoms with Crippen LogP contribution in [0.3, 0.4) is 0 Å². The van der Waals surface area contributed by atoms with E-state index < -0.39 is 4.92 Å². The molecule has 2 N–H and O–H groups in total. The summed E-state index contributed by atoms with van der Waals surface area (Å²) in [5.41, 5.74) is 7.13. The van der Waals surface area contributed by atoms with Crippen molar-refractivity contribution < 1.29 is 9.66 Å². The van der Waals surface area contributed by atoms with Crippen LogP contribution in [0.25, 0.3) is 0 Å². The van der Waals surface area contributed by atoms with E-state index in [4.69, 9.17) is 22.1 Å². The molecule has 2 aromatic rings. The van der Waals surface area contributed by atoms with E-state index in [9.17, 15) is 10.1 Å². The topological polar surface area (TPSA) is 78.4 Å². The average Bonchev–Trinajstić information content (AvgIpc) is 2.35. The van der Waals surface area contributed by atoms with Gasteiger partial charge < -0.3 is 10.5 Å². The van der Waals surface area contributed by atoms with Gasteiger partial charge in [0.15, 0.2) is 0 Å². The molecule has 0 unspecified atom stereocenters. The second-order valence-electron chi connectivity index (χ2n) is 4.42. The summed E-state index contributed by atoms with van der Waals surface area (Å²) in [7, 11) is 0. The summed E-state index contributed by atoms with van der Waals surface area (Å²) < 4.78 is 5.59. The Morgan fingerprint density at radius 3 is 2.40 bits per heavy atom. The summed E-state index contributed by atoms with van der Waals surface area (Å²) in [4.78, 5) is 10.5. The summed E-state index contributed by atoms with van der Waals surface area (Å²) in [6.07, 6.45) is 0. The Bertz CT molecular complexity index is 663. The molecule has 0 amide bonds. The molecule has 0 saturated heterocycles. The summed E-state index contributed by atoms with van der Waals surface area (Å²) in [6.45, 7) is 3.69. The van der Waals surface area contributed by atoms with E-state index >= 15 is 0 Å². The van der Waals surface area contributed by atoms with Crippen LogP contribution in [0.2, 0.25) is 5.02 Å². The summed E-state index contributed by atoms with van der Waals surface area (Å²) in [5, 5.41) is 11.7. The van der Waals surface area contributed by atoms with Gasteiger partial charge in [-0.25, -0.2) is 0 Å². The summed E-state index contributed by atoms with van der Waals surface area (Å²) in [6, 6.07) is 8.02. The number of nitro groups is 1. The van der Waals surface area contributed by atoms with Gasteiger partial charge in [0.25, 0.3) is 0 Å². The predicted octanol–water partition coefficient (Wildman–Crippen LogP) is 4.24. The molecule has 5 nitrogen and oxygen atoms in total. The van der Waals surface area contributed by atoms with E-state index in [-0.39, 0.29) is 17.1 Å². The van der Waals surface area contributed by atoms with E-state index in [1.807, 2.05) is 13.8 Å². The zero-order chi connectivity index (χ0) is 14.9. The third kappa shape index (κ3) is 2.67. The zero-order valence-corrected chi connectivity index (χ0v) is 11.8. The van der Waals surface area contributed by atoms with E-state index in [1.54, 1.807) is 18.2 Å². The first-order valence-corrected chi connectivity index (χ1v) is 6.25. The number of para-hydroxylation sites is 1. The van der Waals surface area contributed by atoms with Gasteiger partial charge in [-0.1, -0.05) is 17.7 Å². The van der Waals surface area contributed by atoms with Crippen molar-refractivity contribution in [1.82, 2.24) is 0 Å². The number of nitrogens with two attached hydrogens (primary N) is 1. The number of hydrogen-bond acceptors (Lipinski definition) is 4. The van der Waals surface area contributed by atoms with Gasteiger partial charge in [-0.05, 0) is 49.2 Å². The second kappa shape index (κ2) is 5.38. The summed E-state index contributed by atoms with van der Waals surface area (Å²) >= 11 is 6.08. The van der Waals surface area contributed by atoms with Gasteiger partial charge in [-0.3, -0.25) is 10.1 Å². The highest BCUT2D eigenvalue weighted by Crippen LogP contribution is 2.37. The van der Waals surface area contributed by atoms with Crippen molar-refractivity contribution in [3.63, 3.8) is 0 Å². The number of nitrogens with zero attached hydrogens (tertiary/aromatic N) is 1. The van der Waals surface area contributed by atoms with Crippen LogP contribution in [0, 0.1) is 24.0 Å². The second-order valence-corrected chi connectivity index (χ2v) is 4.80.